The minimum absolute atomic E-state index is 0.337. The number of ether oxygens (including phenoxy) is 1. The van der Waals surface area contributed by atoms with Gasteiger partial charge in [0, 0.05) is 0 Å². The number of methoxy groups -OCH3 is 1. The van der Waals surface area contributed by atoms with Crippen molar-refractivity contribution in [3.8, 4) is 0 Å². The molecule has 1 N–H and O–H groups in total. The molecule has 1 aromatic rings. The van der Waals surface area contributed by atoms with Gasteiger partial charge in [0.1, 0.15) is 0 Å². The van der Waals surface area contributed by atoms with Crippen molar-refractivity contribution in [1.29, 1.82) is 0 Å². The number of rotatable bonds is 1. The summed E-state index contributed by atoms with van der Waals surface area (Å²) < 4.78 is 4.67. The predicted octanol–water partition coefficient (Wildman–Crippen LogP) is 1.37. The smallest absolute Gasteiger partial charge is 0.311 e. The van der Waals surface area contributed by atoms with Gasteiger partial charge in [-0.3, -0.25) is 4.79 Å². The molecular formula is C12H14O3. The van der Waals surface area contributed by atoms with E-state index in [0.29, 0.717) is 6.42 Å². The number of carbonyl (C=O) groups is 1. The number of aliphatic hydroxyl groups is 1. The van der Waals surface area contributed by atoms with E-state index in [1.807, 2.05) is 25.1 Å². The number of hydrogen-bond acceptors (Lipinski definition) is 3. The van der Waals surface area contributed by atoms with Gasteiger partial charge in [0.05, 0.1) is 19.1 Å². The number of aliphatic hydroxyl groups excluding tert-OH is 1. The SMILES string of the molecule is COC(=O)C1Cc2ccc(C)cc2C1O. The second-order valence-corrected chi connectivity index (χ2v) is 3.98. The number of esters is 1. The maximum absolute atomic E-state index is 11.4. The number of hydrogen-bond donors (Lipinski definition) is 1. The molecule has 15 heavy (non-hydrogen) atoms. The van der Waals surface area contributed by atoms with E-state index in [1.165, 1.54) is 7.11 Å². The maximum atomic E-state index is 11.4. The first-order valence-electron chi connectivity index (χ1n) is 4.99. The van der Waals surface area contributed by atoms with Gasteiger partial charge in [0.25, 0.3) is 0 Å². The summed E-state index contributed by atoms with van der Waals surface area (Å²) in [6.45, 7) is 1.97. The number of benzene rings is 1. The van der Waals surface area contributed by atoms with Gasteiger partial charge in [-0.1, -0.05) is 23.8 Å². The van der Waals surface area contributed by atoms with Crippen molar-refractivity contribution in [2.24, 2.45) is 5.92 Å². The molecule has 0 aliphatic heterocycles. The summed E-state index contributed by atoms with van der Waals surface area (Å²) in [5.74, 6) is -0.775. The highest BCUT2D eigenvalue weighted by molar-refractivity contribution is 5.75. The highest BCUT2D eigenvalue weighted by Crippen LogP contribution is 2.36. The second kappa shape index (κ2) is 3.66. The van der Waals surface area contributed by atoms with Crippen molar-refractivity contribution in [1.82, 2.24) is 0 Å². The van der Waals surface area contributed by atoms with Crippen LogP contribution in [0.1, 0.15) is 22.8 Å². The van der Waals surface area contributed by atoms with Crippen LogP contribution in [0.3, 0.4) is 0 Å². The highest BCUT2D eigenvalue weighted by atomic mass is 16.5. The van der Waals surface area contributed by atoms with Gasteiger partial charge < -0.3 is 9.84 Å². The van der Waals surface area contributed by atoms with Crippen LogP contribution in [-0.2, 0) is 16.0 Å². The zero-order valence-electron chi connectivity index (χ0n) is 8.86. The number of fused-ring (bicyclic) bond motifs is 1. The van der Waals surface area contributed by atoms with Crippen LogP contribution in [0.25, 0.3) is 0 Å². The Morgan fingerprint density at radius 3 is 2.93 bits per heavy atom. The third-order valence-corrected chi connectivity index (χ3v) is 2.94. The van der Waals surface area contributed by atoms with Gasteiger partial charge in [0.15, 0.2) is 0 Å². The zero-order valence-corrected chi connectivity index (χ0v) is 8.86. The van der Waals surface area contributed by atoms with Gasteiger partial charge in [-0.15, -0.1) is 0 Å². The van der Waals surface area contributed by atoms with E-state index in [-0.39, 0.29) is 5.97 Å². The number of aryl methyl sites for hydroxylation is 1. The molecule has 0 amide bonds. The normalized spacial score (nSPS) is 23.7. The Kier molecular flexibility index (Phi) is 2.49. The largest absolute Gasteiger partial charge is 0.469 e. The Hall–Kier alpha value is -1.35. The summed E-state index contributed by atoms with van der Waals surface area (Å²) in [5.41, 5.74) is 3.01. The van der Waals surface area contributed by atoms with Gasteiger partial charge >= 0.3 is 5.97 Å². The molecule has 0 heterocycles. The molecule has 2 atom stereocenters. The zero-order chi connectivity index (χ0) is 11.0. The molecule has 3 nitrogen and oxygen atoms in total. The van der Waals surface area contributed by atoms with Gasteiger partial charge in [-0.05, 0) is 24.5 Å². The third-order valence-electron chi connectivity index (χ3n) is 2.94. The standard InChI is InChI=1S/C12H14O3/c1-7-3-4-8-6-10(12(14)15-2)11(13)9(8)5-7/h3-5,10-11,13H,6H2,1-2H3. The first kappa shape index (κ1) is 10.2. The fourth-order valence-electron chi connectivity index (χ4n) is 2.10. The summed E-state index contributed by atoms with van der Waals surface area (Å²) in [6.07, 6.45) is -0.143. The maximum Gasteiger partial charge on any atom is 0.311 e. The van der Waals surface area contributed by atoms with Crippen molar-refractivity contribution < 1.29 is 14.6 Å². The molecule has 1 aliphatic rings. The van der Waals surface area contributed by atoms with Crippen LogP contribution in [0.5, 0.6) is 0 Å². The molecule has 0 bridgehead atoms. The summed E-state index contributed by atoms with van der Waals surface area (Å²) in [7, 11) is 1.35. The van der Waals surface area contributed by atoms with Crippen LogP contribution in [-0.4, -0.2) is 18.2 Å². The van der Waals surface area contributed by atoms with Gasteiger partial charge in [0.2, 0.25) is 0 Å². The molecular weight excluding hydrogens is 192 g/mol. The van der Waals surface area contributed by atoms with Crippen molar-refractivity contribution in [3.05, 3.63) is 34.9 Å². The average Bonchev–Trinajstić information content (AvgIpc) is 2.55. The van der Waals surface area contributed by atoms with Gasteiger partial charge in [-0.2, -0.15) is 0 Å². The van der Waals surface area contributed by atoms with Crippen molar-refractivity contribution in [3.63, 3.8) is 0 Å². The predicted molar refractivity (Wildman–Crippen MR) is 55.3 cm³/mol. The molecule has 0 spiro atoms. The Bertz CT molecular complexity index is 398. The molecule has 80 valence electrons. The Labute approximate surface area is 88.7 Å². The fourth-order valence-corrected chi connectivity index (χ4v) is 2.10. The summed E-state index contributed by atoms with van der Waals surface area (Å²) in [6, 6.07) is 5.89. The second-order valence-electron chi connectivity index (χ2n) is 3.98. The fraction of sp³-hybridized carbons (Fsp3) is 0.417. The molecule has 1 aromatic carbocycles. The number of carbonyl (C=O) groups excluding carboxylic acids is 1. The molecule has 2 rings (SSSR count). The lowest BCUT2D eigenvalue weighted by atomic mass is 10.0. The van der Waals surface area contributed by atoms with Crippen LogP contribution in [0.2, 0.25) is 0 Å². The Morgan fingerprint density at radius 1 is 1.53 bits per heavy atom. The minimum atomic E-state index is -0.715. The topological polar surface area (TPSA) is 46.5 Å². The van der Waals surface area contributed by atoms with Crippen LogP contribution >= 0.6 is 0 Å². The first-order chi connectivity index (χ1) is 7.13. The first-order valence-corrected chi connectivity index (χ1v) is 4.99. The molecule has 1 aliphatic carbocycles. The summed E-state index contributed by atoms with van der Waals surface area (Å²) in [4.78, 5) is 11.4. The van der Waals surface area contributed by atoms with E-state index in [2.05, 4.69) is 4.74 Å². The third kappa shape index (κ3) is 1.63. The van der Waals surface area contributed by atoms with E-state index in [1.54, 1.807) is 0 Å². The monoisotopic (exact) mass is 206 g/mol. The van der Waals surface area contributed by atoms with Crippen LogP contribution in [0.4, 0.5) is 0 Å². The quantitative estimate of drug-likeness (QED) is 0.706. The van der Waals surface area contributed by atoms with E-state index in [0.717, 1.165) is 16.7 Å². The lowest BCUT2D eigenvalue weighted by Crippen LogP contribution is -2.20. The van der Waals surface area contributed by atoms with E-state index in [9.17, 15) is 9.90 Å². The van der Waals surface area contributed by atoms with Crippen LogP contribution < -0.4 is 0 Å². The average molecular weight is 206 g/mol. The molecule has 3 heteroatoms. The molecule has 0 saturated carbocycles. The molecule has 0 aromatic heterocycles. The Morgan fingerprint density at radius 2 is 2.27 bits per heavy atom. The van der Waals surface area contributed by atoms with Crippen molar-refractivity contribution in [2.75, 3.05) is 7.11 Å². The molecule has 2 unspecified atom stereocenters. The van der Waals surface area contributed by atoms with E-state index >= 15 is 0 Å². The lowest BCUT2D eigenvalue weighted by molar-refractivity contribution is -0.148. The summed E-state index contributed by atoms with van der Waals surface area (Å²) in [5, 5.41) is 9.97. The van der Waals surface area contributed by atoms with E-state index in [4.69, 9.17) is 0 Å². The van der Waals surface area contributed by atoms with Gasteiger partial charge in [-0.25, -0.2) is 0 Å². The highest BCUT2D eigenvalue weighted by Gasteiger charge is 2.36. The molecule has 0 fully saturated rings. The Balaban J connectivity index is 2.33. The van der Waals surface area contributed by atoms with Crippen LogP contribution in [0, 0.1) is 12.8 Å². The lowest BCUT2D eigenvalue weighted by Gasteiger charge is -2.12. The van der Waals surface area contributed by atoms with Crippen molar-refractivity contribution >= 4 is 5.97 Å². The summed E-state index contributed by atoms with van der Waals surface area (Å²) >= 11 is 0. The van der Waals surface area contributed by atoms with Crippen molar-refractivity contribution in [2.45, 2.75) is 19.4 Å². The molecule has 0 radical (unpaired) electrons. The minimum Gasteiger partial charge on any atom is -0.469 e. The molecule has 0 saturated heterocycles. The van der Waals surface area contributed by atoms with Crippen LogP contribution in [0.15, 0.2) is 18.2 Å². The van der Waals surface area contributed by atoms with E-state index < -0.39 is 12.0 Å².